The van der Waals surface area contributed by atoms with Gasteiger partial charge >= 0.3 is 0 Å². The summed E-state index contributed by atoms with van der Waals surface area (Å²) in [6.45, 7) is -0.591. The average Bonchev–Trinajstić information content (AvgIpc) is 2.44. The Morgan fingerprint density at radius 2 is 2.25 bits per heavy atom. The van der Waals surface area contributed by atoms with E-state index in [4.69, 9.17) is 5.11 Å². The average molecular weight is 124 g/mol. The quantitative estimate of drug-likeness (QED) is 0.526. The predicted octanol–water partition coefficient (Wildman–Crippen LogP) is 0.0128. The van der Waals surface area contributed by atoms with Crippen LogP contribution in [0.25, 0.3) is 0 Å². The maximum absolute atomic E-state index is 11.6. The smallest absolute Gasteiger partial charge is 0.271 e. The molecule has 0 aromatic rings. The van der Waals surface area contributed by atoms with Gasteiger partial charge in [-0.1, -0.05) is 0 Å². The number of aliphatic hydroxyl groups is 1. The van der Waals surface area contributed by atoms with Crippen molar-refractivity contribution in [1.82, 2.24) is 0 Å². The molecule has 0 spiro atoms. The Morgan fingerprint density at radius 3 is 2.25 bits per heavy atom. The minimum absolute atomic E-state index is 0.0127. The van der Waals surface area contributed by atoms with Gasteiger partial charge in [0, 0.05) is 0 Å². The molecule has 1 aliphatic heterocycles. The van der Waals surface area contributed by atoms with Gasteiger partial charge in [0.2, 0.25) is 0 Å². The summed E-state index contributed by atoms with van der Waals surface area (Å²) in [5.41, 5.74) is -1.49. The molecular formula is C4H6F2O2. The molecule has 2 nitrogen and oxygen atoms in total. The van der Waals surface area contributed by atoms with Crippen molar-refractivity contribution in [2.75, 3.05) is 13.2 Å². The van der Waals surface area contributed by atoms with Crippen LogP contribution in [0.3, 0.4) is 0 Å². The van der Waals surface area contributed by atoms with Gasteiger partial charge in [-0.3, -0.25) is 0 Å². The van der Waals surface area contributed by atoms with Gasteiger partial charge in [0.05, 0.1) is 13.2 Å². The zero-order chi connectivity index (χ0) is 6.20. The summed E-state index contributed by atoms with van der Waals surface area (Å²) >= 11 is 0. The first-order chi connectivity index (χ1) is 3.71. The summed E-state index contributed by atoms with van der Waals surface area (Å²) < 4.78 is 27.5. The summed E-state index contributed by atoms with van der Waals surface area (Å²) in [6.07, 6.45) is -2.55. The monoisotopic (exact) mass is 124 g/mol. The highest BCUT2D eigenvalue weighted by Gasteiger charge is 2.53. The van der Waals surface area contributed by atoms with Crippen LogP contribution >= 0.6 is 0 Å². The molecule has 0 bridgehead atoms. The first kappa shape index (κ1) is 5.91. The normalized spacial score (nSPS) is 36.0. The molecule has 0 aromatic carbocycles. The molecule has 0 aromatic heterocycles. The van der Waals surface area contributed by atoms with Gasteiger partial charge in [-0.15, -0.1) is 0 Å². The maximum atomic E-state index is 11.6. The van der Waals surface area contributed by atoms with Crippen LogP contribution in [0.4, 0.5) is 8.78 Å². The van der Waals surface area contributed by atoms with E-state index in [0.717, 1.165) is 0 Å². The number of hydrogen-bond acceptors (Lipinski definition) is 2. The lowest BCUT2D eigenvalue weighted by molar-refractivity contribution is 0.0135. The van der Waals surface area contributed by atoms with Crippen LogP contribution in [0.2, 0.25) is 0 Å². The lowest BCUT2D eigenvalue weighted by Crippen LogP contribution is -2.26. The second-order valence-electron chi connectivity index (χ2n) is 1.81. The molecule has 1 rings (SSSR count). The van der Waals surface area contributed by atoms with Crippen molar-refractivity contribution < 1.29 is 18.6 Å². The lowest BCUT2D eigenvalue weighted by atomic mass is 10.2. The van der Waals surface area contributed by atoms with Gasteiger partial charge in [-0.25, -0.2) is 8.78 Å². The third-order valence-corrected chi connectivity index (χ3v) is 1.18. The SMILES string of the molecule is OCC1(C(F)F)CO1. The molecule has 8 heavy (non-hydrogen) atoms. The molecule has 0 aliphatic carbocycles. The molecule has 1 N–H and O–H groups in total. The molecule has 4 heteroatoms. The zero-order valence-corrected chi connectivity index (χ0v) is 4.10. The highest BCUT2D eigenvalue weighted by molar-refractivity contribution is 4.93. The Bertz CT molecular complexity index is 90.0. The van der Waals surface area contributed by atoms with Crippen molar-refractivity contribution >= 4 is 0 Å². The van der Waals surface area contributed by atoms with Crippen molar-refractivity contribution in [3.8, 4) is 0 Å². The molecule has 1 unspecified atom stereocenters. The highest BCUT2D eigenvalue weighted by atomic mass is 19.3. The molecule has 1 fully saturated rings. The topological polar surface area (TPSA) is 32.8 Å². The van der Waals surface area contributed by atoms with Gasteiger partial charge in [0.25, 0.3) is 6.43 Å². The van der Waals surface area contributed by atoms with Crippen molar-refractivity contribution in [2.24, 2.45) is 0 Å². The zero-order valence-electron chi connectivity index (χ0n) is 4.10. The molecule has 1 atom stereocenters. The molecular weight excluding hydrogens is 118 g/mol. The van der Waals surface area contributed by atoms with Crippen LogP contribution in [-0.2, 0) is 4.74 Å². The van der Waals surface area contributed by atoms with Gasteiger partial charge in [0.1, 0.15) is 0 Å². The van der Waals surface area contributed by atoms with Crippen molar-refractivity contribution in [2.45, 2.75) is 12.0 Å². The van der Waals surface area contributed by atoms with E-state index < -0.39 is 18.6 Å². The molecule has 1 heterocycles. The van der Waals surface area contributed by atoms with Crippen LogP contribution in [0.1, 0.15) is 0 Å². The van der Waals surface area contributed by atoms with Crippen LogP contribution < -0.4 is 0 Å². The lowest BCUT2D eigenvalue weighted by Gasteiger charge is -2.03. The van der Waals surface area contributed by atoms with Crippen LogP contribution in [0, 0.1) is 0 Å². The van der Waals surface area contributed by atoms with Crippen LogP contribution in [0.5, 0.6) is 0 Å². The Kier molecular flexibility index (Phi) is 1.21. The fraction of sp³-hybridized carbons (Fsp3) is 1.00. The van der Waals surface area contributed by atoms with E-state index in [0.29, 0.717) is 0 Å². The molecule has 1 aliphatic rings. The van der Waals surface area contributed by atoms with Gasteiger partial charge < -0.3 is 9.84 Å². The molecule has 0 amide bonds. The second-order valence-corrected chi connectivity index (χ2v) is 1.81. The Morgan fingerprint density at radius 1 is 1.75 bits per heavy atom. The van der Waals surface area contributed by atoms with E-state index in [1.54, 1.807) is 0 Å². The standard InChI is InChI=1S/C4H6F2O2/c5-3(6)4(1-7)2-8-4/h3,7H,1-2H2. The first-order valence-electron chi connectivity index (χ1n) is 2.24. The molecule has 0 radical (unpaired) electrons. The largest absolute Gasteiger partial charge is 0.393 e. The summed E-state index contributed by atoms with van der Waals surface area (Å²) in [5.74, 6) is 0. The number of alkyl halides is 2. The van der Waals surface area contributed by atoms with E-state index in [-0.39, 0.29) is 6.61 Å². The van der Waals surface area contributed by atoms with E-state index in [9.17, 15) is 8.78 Å². The minimum atomic E-state index is -2.55. The summed E-state index contributed by atoms with van der Waals surface area (Å²) in [4.78, 5) is 0. The van der Waals surface area contributed by atoms with Gasteiger partial charge in [-0.2, -0.15) is 0 Å². The number of epoxide rings is 1. The molecule has 0 saturated carbocycles. The minimum Gasteiger partial charge on any atom is -0.393 e. The van der Waals surface area contributed by atoms with Gasteiger partial charge in [-0.05, 0) is 0 Å². The number of rotatable bonds is 2. The summed E-state index contributed by atoms with van der Waals surface area (Å²) in [6, 6.07) is 0. The maximum Gasteiger partial charge on any atom is 0.271 e. The first-order valence-corrected chi connectivity index (χ1v) is 2.24. The number of hydrogen-bond donors (Lipinski definition) is 1. The Hall–Kier alpha value is -0.220. The number of aliphatic hydroxyl groups excluding tert-OH is 1. The van der Waals surface area contributed by atoms with Gasteiger partial charge in [0.15, 0.2) is 5.60 Å². The fourth-order valence-corrected chi connectivity index (χ4v) is 0.379. The van der Waals surface area contributed by atoms with E-state index in [2.05, 4.69) is 4.74 Å². The Balaban J connectivity index is 2.41. The highest BCUT2D eigenvalue weighted by Crippen LogP contribution is 2.32. The summed E-state index contributed by atoms with van der Waals surface area (Å²) in [7, 11) is 0. The predicted molar refractivity (Wildman–Crippen MR) is 21.8 cm³/mol. The molecule has 1 saturated heterocycles. The van der Waals surface area contributed by atoms with Crippen molar-refractivity contribution in [3.05, 3.63) is 0 Å². The summed E-state index contributed by atoms with van der Waals surface area (Å²) in [5, 5.41) is 8.22. The third-order valence-electron chi connectivity index (χ3n) is 1.18. The second kappa shape index (κ2) is 1.63. The Labute approximate surface area is 45.1 Å². The van der Waals surface area contributed by atoms with E-state index >= 15 is 0 Å². The third kappa shape index (κ3) is 0.695. The number of ether oxygens (including phenoxy) is 1. The van der Waals surface area contributed by atoms with E-state index in [1.807, 2.05) is 0 Å². The van der Waals surface area contributed by atoms with Crippen LogP contribution in [0.15, 0.2) is 0 Å². The van der Waals surface area contributed by atoms with Crippen LogP contribution in [-0.4, -0.2) is 30.3 Å². The number of halogens is 2. The van der Waals surface area contributed by atoms with Crippen molar-refractivity contribution in [1.29, 1.82) is 0 Å². The van der Waals surface area contributed by atoms with Crippen molar-refractivity contribution in [3.63, 3.8) is 0 Å². The fourth-order valence-electron chi connectivity index (χ4n) is 0.379. The van der Waals surface area contributed by atoms with E-state index in [1.165, 1.54) is 0 Å². The molecule has 48 valence electrons.